The van der Waals surface area contributed by atoms with Crippen LogP contribution in [-0.4, -0.2) is 38.1 Å². The minimum atomic E-state index is -4.03. The zero-order valence-corrected chi connectivity index (χ0v) is 17.6. The number of carbonyl (C=O) groups is 1. The summed E-state index contributed by atoms with van der Waals surface area (Å²) in [7, 11) is -2.60. The predicted molar refractivity (Wildman–Crippen MR) is 115 cm³/mol. The van der Waals surface area contributed by atoms with E-state index in [0.717, 1.165) is 6.07 Å². The van der Waals surface area contributed by atoms with Crippen LogP contribution in [0.3, 0.4) is 0 Å². The van der Waals surface area contributed by atoms with E-state index in [1.165, 1.54) is 31.5 Å². The molecule has 0 fully saturated rings. The molecular weight excluding hydrogens is 422 g/mol. The number of aromatic hydroxyl groups is 1. The van der Waals surface area contributed by atoms with Gasteiger partial charge in [-0.05, 0) is 49.4 Å². The highest BCUT2D eigenvalue weighted by atomic mass is 32.2. The molecule has 0 saturated carbocycles. The summed E-state index contributed by atoms with van der Waals surface area (Å²) in [6, 6.07) is 13.2. The molecule has 10 heteroatoms. The van der Waals surface area contributed by atoms with Crippen molar-refractivity contribution in [2.45, 2.75) is 11.8 Å². The van der Waals surface area contributed by atoms with E-state index in [1.54, 1.807) is 37.3 Å². The highest BCUT2D eigenvalue weighted by Crippen LogP contribution is 2.30. The molecule has 31 heavy (non-hydrogen) atoms. The largest absolute Gasteiger partial charge is 0.506 e. The molecule has 1 amide bonds. The Bertz CT molecular complexity index is 1200. The van der Waals surface area contributed by atoms with Gasteiger partial charge in [0.2, 0.25) is 5.88 Å². The lowest BCUT2D eigenvalue weighted by molar-refractivity contribution is 0.102. The minimum absolute atomic E-state index is 0.0841. The van der Waals surface area contributed by atoms with Crippen LogP contribution < -0.4 is 19.5 Å². The molecule has 1 aromatic heterocycles. The van der Waals surface area contributed by atoms with Gasteiger partial charge in [0.05, 0.1) is 30.0 Å². The number of rotatable bonds is 8. The summed E-state index contributed by atoms with van der Waals surface area (Å²) in [6.07, 6.45) is 1.48. The van der Waals surface area contributed by atoms with E-state index in [-0.39, 0.29) is 33.5 Å². The molecule has 0 spiro atoms. The number of phenols is 1. The van der Waals surface area contributed by atoms with Crippen molar-refractivity contribution in [2.75, 3.05) is 23.8 Å². The van der Waals surface area contributed by atoms with Gasteiger partial charge in [0, 0.05) is 6.20 Å². The van der Waals surface area contributed by atoms with Crippen LogP contribution in [0.1, 0.15) is 17.3 Å². The van der Waals surface area contributed by atoms with Crippen LogP contribution >= 0.6 is 0 Å². The molecule has 3 N–H and O–H groups in total. The summed E-state index contributed by atoms with van der Waals surface area (Å²) in [5.74, 6) is -0.437. The van der Waals surface area contributed by atoms with Crippen molar-refractivity contribution < 1.29 is 27.8 Å². The number of phenolic OH excluding ortho intramolecular Hbond substituents is 1. The Kier molecular flexibility index (Phi) is 6.61. The van der Waals surface area contributed by atoms with Gasteiger partial charge >= 0.3 is 0 Å². The first-order valence-corrected chi connectivity index (χ1v) is 10.7. The second-order valence-electron chi connectivity index (χ2n) is 6.23. The summed E-state index contributed by atoms with van der Waals surface area (Å²) in [6.45, 7) is 2.07. The maximum absolute atomic E-state index is 12.8. The van der Waals surface area contributed by atoms with Crippen LogP contribution in [-0.2, 0) is 10.0 Å². The molecule has 3 aromatic rings. The number of nitrogens with zero attached hydrogens (tertiary/aromatic N) is 1. The first-order chi connectivity index (χ1) is 14.9. The zero-order valence-electron chi connectivity index (χ0n) is 16.8. The number of pyridine rings is 1. The first-order valence-electron chi connectivity index (χ1n) is 9.23. The fraction of sp³-hybridized carbons (Fsp3) is 0.143. The Balaban J connectivity index is 1.89. The standard InChI is InChI=1S/C21H21N3O6S/c1-3-30-21-15(7-6-12-22-21)20(26)23-17-13-14(10-11-18(17)25)31(27,28)24-16-8-4-5-9-19(16)29-2/h4-13,24-25H,3H2,1-2H3,(H,23,26). The molecule has 9 nitrogen and oxygen atoms in total. The Hall–Kier alpha value is -3.79. The number of para-hydroxylation sites is 2. The van der Waals surface area contributed by atoms with Crippen LogP contribution in [0.15, 0.2) is 65.7 Å². The zero-order chi connectivity index (χ0) is 22.4. The third-order valence-corrected chi connectivity index (χ3v) is 5.54. The molecule has 0 radical (unpaired) electrons. The van der Waals surface area contributed by atoms with Crippen LogP contribution in [0.5, 0.6) is 17.4 Å². The molecule has 0 aliphatic carbocycles. The average molecular weight is 443 g/mol. The monoisotopic (exact) mass is 443 g/mol. The highest BCUT2D eigenvalue weighted by molar-refractivity contribution is 7.92. The molecule has 3 rings (SSSR count). The lowest BCUT2D eigenvalue weighted by atomic mass is 10.2. The number of methoxy groups -OCH3 is 1. The molecule has 0 saturated heterocycles. The Labute approximate surface area is 179 Å². The van der Waals surface area contributed by atoms with E-state index in [1.807, 2.05) is 0 Å². The van der Waals surface area contributed by atoms with Gasteiger partial charge in [0.1, 0.15) is 17.1 Å². The Morgan fingerprint density at radius 1 is 1.10 bits per heavy atom. The predicted octanol–water partition coefficient (Wildman–Crippen LogP) is 3.25. The van der Waals surface area contributed by atoms with Crippen molar-refractivity contribution in [3.8, 4) is 17.4 Å². The van der Waals surface area contributed by atoms with Gasteiger partial charge in [0.25, 0.3) is 15.9 Å². The second-order valence-corrected chi connectivity index (χ2v) is 7.91. The molecule has 162 valence electrons. The third-order valence-electron chi connectivity index (χ3n) is 4.17. The highest BCUT2D eigenvalue weighted by Gasteiger charge is 2.20. The van der Waals surface area contributed by atoms with Gasteiger partial charge in [-0.25, -0.2) is 13.4 Å². The van der Waals surface area contributed by atoms with Crippen LogP contribution in [0.4, 0.5) is 11.4 Å². The van der Waals surface area contributed by atoms with E-state index >= 15 is 0 Å². The number of benzene rings is 2. The number of hydrogen-bond acceptors (Lipinski definition) is 7. The summed E-state index contributed by atoms with van der Waals surface area (Å²) in [5.41, 5.74) is 0.309. The minimum Gasteiger partial charge on any atom is -0.506 e. The molecular formula is C21H21N3O6S. The quantitative estimate of drug-likeness (QED) is 0.456. The maximum Gasteiger partial charge on any atom is 0.262 e. The average Bonchev–Trinajstić information content (AvgIpc) is 2.76. The van der Waals surface area contributed by atoms with Crippen molar-refractivity contribution >= 4 is 27.3 Å². The maximum atomic E-state index is 12.8. The number of ether oxygens (including phenoxy) is 2. The number of sulfonamides is 1. The van der Waals surface area contributed by atoms with Gasteiger partial charge in [-0.3, -0.25) is 9.52 Å². The number of nitrogens with one attached hydrogen (secondary N) is 2. The lowest BCUT2D eigenvalue weighted by Crippen LogP contribution is -2.16. The van der Waals surface area contributed by atoms with Crippen molar-refractivity contribution in [3.05, 3.63) is 66.4 Å². The van der Waals surface area contributed by atoms with E-state index in [0.29, 0.717) is 12.4 Å². The van der Waals surface area contributed by atoms with Crippen molar-refractivity contribution in [3.63, 3.8) is 0 Å². The van der Waals surface area contributed by atoms with E-state index < -0.39 is 15.9 Å². The van der Waals surface area contributed by atoms with Gasteiger partial charge in [-0.1, -0.05) is 12.1 Å². The van der Waals surface area contributed by atoms with Gasteiger partial charge < -0.3 is 19.9 Å². The fourth-order valence-corrected chi connectivity index (χ4v) is 3.82. The van der Waals surface area contributed by atoms with Gasteiger partial charge in [-0.15, -0.1) is 0 Å². The molecule has 0 aliphatic rings. The Morgan fingerprint density at radius 3 is 2.61 bits per heavy atom. The van der Waals surface area contributed by atoms with Crippen LogP contribution in [0.25, 0.3) is 0 Å². The summed E-state index contributed by atoms with van der Waals surface area (Å²) >= 11 is 0. The number of anilines is 2. The van der Waals surface area contributed by atoms with Gasteiger partial charge in [-0.2, -0.15) is 0 Å². The van der Waals surface area contributed by atoms with Crippen molar-refractivity contribution in [2.24, 2.45) is 0 Å². The number of hydrogen-bond donors (Lipinski definition) is 3. The van der Waals surface area contributed by atoms with Crippen LogP contribution in [0, 0.1) is 0 Å². The second kappa shape index (κ2) is 9.35. The summed E-state index contributed by atoms with van der Waals surface area (Å²) in [4.78, 5) is 16.5. The third kappa shape index (κ3) is 5.04. The molecule has 0 unspecified atom stereocenters. The van der Waals surface area contributed by atoms with Crippen molar-refractivity contribution in [1.29, 1.82) is 0 Å². The fourth-order valence-electron chi connectivity index (χ4n) is 2.72. The number of carbonyl (C=O) groups excluding carboxylic acids is 1. The number of aromatic nitrogens is 1. The number of amides is 1. The van der Waals surface area contributed by atoms with Gasteiger partial charge in [0.15, 0.2) is 0 Å². The van der Waals surface area contributed by atoms with Crippen LogP contribution in [0.2, 0.25) is 0 Å². The SMILES string of the molecule is CCOc1ncccc1C(=O)Nc1cc(S(=O)(=O)Nc2ccccc2OC)ccc1O. The molecule has 0 atom stereocenters. The first kappa shape index (κ1) is 21.9. The topological polar surface area (TPSA) is 127 Å². The smallest absolute Gasteiger partial charge is 0.262 e. The normalized spacial score (nSPS) is 10.9. The molecule has 0 aliphatic heterocycles. The van der Waals surface area contributed by atoms with E-state index in [9.17, 15) is 18.3 Å². The lowest BCUT2D eigenvalue weighted by Gasteiger charge is -2.14. The van der Waals surface area contributed by atoms with E-state index in [4.69, 9.17) is 9.47 Å². The molecule has 2 aromatic carbocycles. The molecule has 0 bridgehead atoms. The Morgan fingerprint density at radius 2 is 1.87 bits per heavy atom. The molecule has 1 heterocycles. The van der Waals surface area contributed by atoms with Crippen molar-refractivity contribution in [1.82, 2.24) is 4.98 Å². The summed E-state index contributed by atoms with van der Waals surface area (Å²) in [5, 5.41) is 12.6. The van der Waals surface area contributed by atoms with E-state index in [2.05, 4.69) is 15.0 Å². The summed E-state index contributed by atoms with van der Waals surface area (Å²) < 4.78 is 38.6.